The zero-order chi connectivity index (χ0) is 22.1. The number of rotatable bonds is 5. The Morgan fingerprint density at radius 1 is 1.13 bits per heavy atom. The van der Waals surface area contributed by atoms with Crippen molar-refractivity contribution < 1.29 is 4.79 Å². The van der Waals surface area contributed by atoms with Crippen LogP contribution in [0.15, 0.2) is 65.5 Å². The third-order valence-corrected chi connectivity index (χ3v) is 5.62. The van der Waals surface area contributed by atoms with E-state index in [1.165, 1.54) is 4.57 Å². The Balaban J connectivity index is 1.86. The van der Waals surface area contributed by atoms with Gasteiger partial charge < -0.3 is 5.32 Å². The number of carbonyl (C=O) groups excluding carboxylic acids is 1. The molecule has 0 aliphatic carbocycles. The summed E-state index contributed by atoms with van der Waals surface area (Å²) in [5.41, 5.74) is 3.58. The Morgan fingerprint density at radius 3 is 2.45 bits per heavy atom. The lowest BCUT2D eigenvalue weighted by Crippen LogP contribution is -2.32. The number of aromatic nitrogens is 3. The Labute approximate surface area is 185 Å². The molecule has 31 heavy (non-hydrogen) atoms. The van der Waals surface area contributed by atoms with Gasteiger partial charge in [-0.25, -0.2) is 4.68 Å². The molecule has 0 radical (unpaired) electrons. The van der Waals surface area contributed by atoms with Crippen molar-refractivity contribution in [3.63, 3.8) is 0 Å². The lowest BCUT2D eigenvalue weighted by molar-refractivity contribution is -0.118. The minimum atomic E-state index is -0.739. The third-order valence-electron chi connectivity index (χ3n) is 5.37. The molecular formula is C24H23ClN4O2. The first kappa shape index (κ1) is 20.9. The number of hydrogen-bond donors (Lipinski definition) is 1. The summed E-state index contributed by atoms with van der Waals surface area (Å²) in [5, 5.41) is 8.96. The van der Waals surface area contributed by atoms with Crippen molar-refractivity contribution in [2.75, 3.05) is 5.32 Å². The van der Waals surface area contributed by atoms with E-state index in [4.69, 9.17) is 11.6 Å². The second-order valence-corrected chi connectivity index (χ2v) is 7.84. The minimum absolute atomic E-state index is 0.250. The molecule has 0 saturated carbocycles. The van der Waals surface area contributed by atoms with E-state index in [-0.39, 0.29) is 11.5 Å². The summed E-state index contributed by atoms with van der Waals surface area (Å²) in [6.07, 6.45) is 0. The van der Waals surface area contributed by atoms with Gasteiger partial charge in [0, 0.05) is 28.7 Å². The monoisotopic (exact) mass is 434 g/mol. The average Bonchev–Trinajstić information content (AvgIpc) is 3.11. The highest BCUT2D eigenvalue weighted by molar-refractivity contribution is 6.30. The molecule has 1 amide bonds. The molecule has 4 rings (SSSR count). The molecule has 0 spiro atoms. The van der Waals surface area contributed by atoms with Crippen LogP contribution < -0.4 is 10.9 Å². The number of carbonyl (C=O) groups is 1. The predicted octanol–water partition coefficient (Wildman–Crippen LogP) is 5.05. The van der Waals surface area contributed by atoms with E-state index in [1.807, 2.05) is 44.2 Å². The molecule has 2 aromatic heterocycles. The number of nitrogens with one attached hydrogen (secondary N) is 1. The zero-order valence-corrected chi connectivity index (χ0v) is 18.3. The molecule has 0 aliphatic heterocycles. The summed E-state index contributed by atoms with van der Waals surface area (Å²) in [4.78, 5) is 26.3. The molecule has 2 heterocycles. The van der Waals surface area contributed by atoms with Gasteiger partial charge in [-0.15, -0.1) is 0 Å². The van der Waals surface area contributed by atoms with Crippen molar-refractivity contribution in [3.05, 3.63) is 81.7 Å². The van der Waals surface area contributed by atoms with Crippen LogP contribution >= 0.6 is 11.6 Å². The van der Waals surface area contributed by atoms with Crippen LogP contribution in [0.25, 0.3) is 22.2 Å². The van der Waals surface area contributed by atoms with Crippen molar-refractivity contribution >= 4 is 34.2 Å². The van der Waals surface area contributed by atoms with E-state index in [1.54, 1.807) is 41.9 Å². The Hall–Kier alpha value is -3.38. The molecular weight excluding hydrogens is 412 g/mol. The number of anilines is 1. The fraction of sp³-hybridized carbons (Fsp3) is 0.208. The number of benzene rings is 2. The van der Waals surface area contributed by atoms with E-state index in [9.17, 15) is 9.59 Å². The molecule has 0 fully saturated rings. The van der Waals surface area contributed by atoms with E-state index in [0.717, 1.165) is 22.2 Å². The first-order valence-corrected chi connectivity index (χ1v) is 10.5. The van der Waals surface area contributed by atoms with E-state index >= 15 is 0 Å². The molecule has 2 aromatic carbocycles. The number of nitrogens with zero attached hydrogens (tertiary/aromatic N) is 3. The van der Waals surface area contributed by atoms with Gasteiger partial charge in [-0.1, -0.05) is 41.9 Å². The number of amides is 1. The first-order valence-electron chi connectivity index (χ1n) is 10.1. The van der Waals surface area contributed by atoms with Gasteiger partial charge in [0.05, 0.1) is 5.69 Å². The normalized spacial score (nSPS) is 12.1. The minimum Gasteiger partial charge on any atom is -0.324 e. The number of aryl methyl sites for hydroxylation is 2. The standard InChI is InChI=1S/C24H23ClN4O2/c1-4-28-24-22(15(2)27-28)20(17-8-6-5-7-9-17)14-21(30)29(24)16(3)23(31)26-19-12-10-18(25)11-13-19/h5-14,16H,4H2,1-3H3,(H,26,31). The van der Waals surface area contributed by atoms with E-state index < -0.39 is 6.04 Å². The molecule has 6 nitrogen and oxygen atoms in total. The number of hydrogen-bond acceptors (Lipinski definition) is 3. The van der Waals surface area contributed by atoms with Crippen LogP contribution in [0.2, 0.25) is 5.02 Å². The summed E-state index contributed by atoms with van der Waals surface area (Å²) in [6, 6.07) is 17.5. The van der Waals surface area contributed by atoms with Crippen LogP contribution in [0.3, 0.4) is 0 Å². The third kappa shape index (κ3) is 3.86. The summed E-state index contributed by atoms with van der Waals surface area (Å²) >= 11 is 5.93. The molecule has 4 aromatic rings. The van der Waals surface area contributed by atoms with Crippen LogP contribution in [0.5, 0.6) is 0 Å². The lowest BCUT2D eigenvalue weighted by Gasteiger charge is -2.19. The van der Waals surface area contributed by atoms with Gasteiger partial charge in [0.25, 0.3) is 5.56 Å². The average molecular weight is 435 g/mol. The van der Waals surface area contributed by atoms with Crippen molar-refractivity contribution in [2.24, 2.45) is 0 Å². The topological polar surface area (TPSA) is 68.9 Å². The molecule has 1 atom stereocenters. The maximum absolute atomic E-state index is 13.3. The Bertz CT molecular complexity index is 1310. The molecule has 0 aliphatic rings. The lowest BCUT2D eigenvalue weighted by atomic mass is 10.0. The quantitative estimate of drug-likeness (QED) is 0.478. The molecule has 158 valence electrons. The van der Waals surface area contributed by atoms with Gasteiger partial charge in [-0.05, 0) is 56.2 Å². The van der Waals surface area contributed by atoms with Crippen LogP contribution in [0, 0.1) is 6.92 Å². The predicted molar refractivity (Wildman–Crippen MR) is 125 cm³/mol. The van der Waals surface area contributed by atoms with E-state index in [0.29, 0.717) is 22.9 Å². The molecule has 0 bridgehead atoms. The second-order valence-electron chi connectivity index (χ2n) is 7.40. The summed E-state index contributed by atoms with van der Waals surface area (Å²) in [6.45, 7) is 6.19. The van der Waals surface area contributed by atoms with Gasteiger partial charge >= 0.3 is 0 Å². The fourth-order valence-corrected chi connectivity index (χ4v) is 3.96. The van der Waals surface area contributed by atoms with E-state index in [2.05, 4.69) is 10.4 Å². The first-order chi connectivity index (χ1) is 14.9. The van der Waals surface area contributed by atoms with Crippen LogP contribution in [-0.4, -0.2) is 20.3 Å². The van der Waals surface area contributed by atoms with Gasteiger partial charge in [-0.3, -0.25) is 14.2 Å². The van der Waals surface area contributed by atoms with Gasteiger partial charge in [0.2, 0.25) is 5.91 Å². The molecule has 1 unspecified atom stereocenters. The number of halogens is 1. The fourth-order valence-electron chi connectivity index (χ4n) is 3.84. The molecule has 0 saturated heterocycles. The molecule has 7 heteroatoms. The van der Waals surface area contributed by atoms with Crippen LogP contribution in [0.4, 0.5) is 5.69 Å². The summed E-state index contributed by atoms with van der Waals surface area (Å²) < 4.78 is 3.31. The highest BCUT2D eigenvalue weighted by Crippen LogP contribution is 2.31. The zero-order valence-electron chi connectivity index (χ0n) is 17.6. The maximum Gasteiger partial charge on any atom is 0.253 e. The highest BCUT2D eigenvalue weighted by Gasteiger charge is 2.24. The van der Waals surface area contributed by atoms with Crippen molar-refractivity contribution in [1.82, 2.24) is 14.3 Å². The van der Waals surface area contributed by atoms with Crippen LogP contribution in [0.1, 0.15) is 25.6 Å². The van der Waals surface area contributed by atoms with Crippen molar-refractivity contribution in [3.8, 4) is 11.1 Å². The van der Waals surface area contributed by atoms with Gasteiger partial charge in [-0.2, -0.15) is 5.10 Å². The van der Waals surface area contributed by atoms with Crippen molar-refractivity contribution in [1.29, 1.82) is 0 Å². The Kier molecular flexibility index (Phi) is 5.65. The number of pyridine rings is 1. The summed E-state index contributed by atoms with van der Waals surface area (Å²) in [7, 11) is 0. The smallest absolute Gasteiger partial charge is 0.253 e. The number of fused-ring (bicyclic) bond motifs is 1. The summed E-state index contributed by atoms with van der Waals surface area (Å²) in [5.74, 6) is -0.292. The van der Waals surface area contributed by atoms with Gasteiger partial charge in [0.15, 0.2) is 0 Å². The maximum atomic E-state index is 13.3. The largest absolute Gasteiger partial charge is 0.324 e. The molecule has 1 N–H and O–H groups in total. The second kappa shape index (κ2) is 8.40. The Morgan fingerprint density at radius 2 is 1.81 bits per heavy atom. The van der Waals surface area contributed by atoms with Crippen LogP contribution in [-0.2, 0) is 11.3 Å². The van der Waals surface area contributed by atoms with Gasteiger partial charge in [0.1, 0.15) is 11.7 Å². The SMILES string of the molecule is CCn1nc(C)c2c(-c3ccccc3)cc(=O)n(C(C)C(=O)Nc3ccc(Cl)cc3)c21. The van der Waals surface area contributed by atoms with Crippen molar-refractivity contribution in [2.45, 2.75) is 33.4 Å². The highest BCUT2D eigenvalue weighted by atomic mass is 35.5.